The van der Waals surface area contributed by atoms with Gasteiger partial charge in [0.1, 0.15) is 4.88 Å². The van der Waals surface area contributed by atoms with E-state index in [1.165, 1.54) is 17.5 Å². The summed E-state index contributed by atoms with van der Waals surface area (Å²) in [6.07, 6.45) is 1.54. The molecule has 20 heavy (non-hydrogen) atoms. The van der Waals surface area contributed by atoms with E-state index in [0.29, 0.717) is 20.6 Å². The van der Waals surface area contributed by atoms with E-state index in [2.05, 4.69) is 31.4 Å². The van der Waals surface area contributed by atoms with Crippen LogP contribution in [0.1, 0.15) is 20.2 Å². The Hall–Kier alpha value is -1.93. The number of carbonyl (C=O) groups is 1. The van der Waals surface area contributed by atoms with Crippen LogP contribution in [0.2, 0.25) is 0 Å². The van der Waals surface area contributed by atoms with Crippen LogP contribution >= 0.6 is 27.3 Å². The largest absolute Gasteiger partial charge is 0.409 e. The number of carbonyl (C=O) groups excluding carboxylic acids is 1. The number of aromatic nitrogens is 1. The number of amidine groups is 1. The molecule has 1 aromatic heterocycles. The highest BCUT2D eigenvalue weighted by Gasteiger charge is 2.12. The predicted octanol–water partition coefficient (Wildman–Crippen LogP) is 2.56. The first kappa shape index (κ1) is 14.5. The Labute approximate surface area is 127 Å². The average Bonchev–Trinajstić information content (AvgIpc) is 2.86. The molecule has 0 fully saturated rings. The van der Waals surface area contributed by atoms with Gasteiger partial charge in [-0.05, 0) is 41.1 Å². The lowest BCUT2D eigenvalue weighted by Crippen LogP contribution is -2.14. The van der Waals surface area contributed by atoms with Crippen molar-refractivity contribution in [3.63, 3.8) is 0 Å². The van der Waals surface area contributed by atoms with Crippen molar-refractivity contribution in [1.29, 1.82) is 0 Å². The van der Waals surface area contributed by atoms with Crippen molar-refractivity contribution in [2.24, 2.45) is 10.9 Å². The molecule has 0 saturated carbocycles. The number of nitrogens with two attached hydrogens (primary N) is 1. The van der Waals surface area contributed by atoms with Crippen LogP contribution in [0.3, 0.4) is 0 Å². The topological polar surface area (TPSA) is 101 Å². The van der Waals surface area contributed by atoms with Crippen LogP contribution in [-0.4, -0.2) is 21.9 Å². The van der Waals surface area contributed by atoms with Crippen LogP contribution in [0.25, 0.3) is 0 Å². The lowest BCUT2D eigenvalue weighted by atomic mass is 10.2. The first-order valence-electron chi connectivity index (χ1n) is 5.52. The van der Waals surface area contributed by atoms with Gasteiger partial charge < -0.3 is 16.3 Å². The molecule has 0 saturated heterocycles. The monoisotopic (exact) mass is 354 g/mol. The molecule has 1 amide bonds. The van der Waals surface area contributed by atoms with Crippen molar-refractivity contribution in [2.45, 2.75) is 6.92 Å². The molecule has 4 N–H and O–H groups in total. The van der Waals surface area contributed by atoms with E-state index in [1.807, 2.05) is 6.92 Å². The smallest absolute Gasteiger partial charge is 0.267 e. The number of benzene rings is 1. The van der Waals surface area contributed by atoms with Gasteiger partial charge in [-0.2, -0.15) is 0 Å². The Balaban J connectivity index is 2.20. The van der Waals surface area contributed by atoms with Crippen molar-refractivity contribution in [3.05, 3.63) is 44.3 Å². The number of aryl methyl sites for hydroxylation is 1. The van der Waals surface area contributed by atoms with Gasteiger partial charge in [0.05, 0.1) is 16.9 Å². The molecule has 0 aliphatic heterocycles. The summed E-state index contributed by atoms with van der Waals surface area (Å²) in [6.45, 7) is 1.84. The molecule has 6 nitrogen and oxygen atoms in total. The second-order valence-electron chi connectivity index (χ2n) is 3.88. The third kappa shape index (κ3) is 3.14. The molecule has 2 rings (SSSR count). The van der Waals surface area contributed by atoms with Gasteiger partial charge in [0.15, 0.2) is 5.84 Å². The molecule has 8 heteroatoms. The number of amides is 1. The van der Waals surface area contributed by atoms with Crippen LogP contribution in [0, 0.1) is 6.92 Å². The van der Waals surface area contributed by atoms with Crippen molar-refractivity contribution < 1.29 is 10.0 Å². The summed E-state index contributed by atoms with van der Waals surface area (Å²) in [5.41, 5.74) is 6.63. The number of anilines is 1. The molecule has 0 aliphatic rings. The van der Waals surface area contributed by atoms with E-state index < -0.39 is 0 Å². The lowest BCUT2D eigenvalue weighted by Gasteiger charge is -2.07. The predicted molar refractivity (Wildman–Crippen MR) is 81.5 cm³/mol. The fourth-order valence-electron chi connectivity index (χ4n) is 1.48. The lowest BCUT2D eigenvalue weighted by molar-refractivity contribution is 0.103. The summed E-state index contributed by atoms with van der Waals surface area (Å²) in [5, 5.41) is 15.1. The van der Waals surface area contributed by atoms with E-state index in [1.54, 1.807) is 18.2 Å². The summed E-state index contributed by atoms with van der Waals surface area (Å²) < 4.78 is 0.635. The second kappa shape index (κ2) is 6.02. The van der Waals surface area contributed by atoms with Crippen molar-refractivity contribution in [3.8, 4) is 0 Å². The van der Waals surface area contributed by atoms with Gasteiger partial charge in [-0.1, -0.05) is 5.16 Å². The maximum atomic E-state index is 12.0. The minimum atomic E-state index is -0.229. The number of oxime groups is 1. The quantitative estimate of drug-likeness (QED) is 0.341. The van der Waals surface area contributed by atoms with Gasteiger partial charge in [-0.25, -0.2) is 4.98 Å². The summed E-state index contributed by atoms with van der Waals surface area (Å²) >= 11 is 4.65. The summed E-state index contributed by atoms with van der Waals surface area (Å²) in [5.74, 6) is -0.227. The fraction of sp³-hybridized carbons (Fsp3) is 0.0833. The number of nitrogens with one attached hydrogen (secondary N) is 1. The molecular formula is C12H11BrN4O2S. The highest BCUT2D eigenvalue weighted by Crippen LogP contribution is 2.25. The number of hydrogen-bond acceptors (Lipinski definition) is 5. The zero-order chi connectivity index (χ0) is 14.7. The van der Waals surface area contributed by atoms with Gasteiger partial charge in [-0.15, -0.1) is 11.3 Å². The zero-order valence-corrected chi connectivity index (χ0v) is 12.8. The van der Waals surface area contributed by atoms with E-state index in [-0.39, 0.29) is 11.7 Å². The van der Waals surface area contributed by atoms with Crippen LogP contribution in [0.5, 0.6) is 0 Å². The van der Waals surface area contributed by atoms with Crippen molar-refractivity contribution >= 4 is 44.7 Å². The number of rotatable bonds is 3. The van der Waals surface area contributed by atoms with Crippen LogP contribution in [0.15, 0.2) is 34.0 Å². The molecule has 2 aromatic rings. The van der Waals surface area contributed by atoms with Crippen LogP contribution in [-0.2, 0) is 0 Å². The molecular weight excluding hydrogens is 344 g/mol. The normalized spacial score (nSPS) is 11.4. The third-order valence-corrected chi connectivity index (χ3v) is 4.03. The summed E-state index contributed by atoms with van der Waals surface area (Å²) in [7, 11) is 0. The molecule has 0 unspecified atom stereocenters. The average molecular weight is 355 g/mol. The minimum absolute atomic E-state index is 0.00154. The number of thiazole rings is 1. The van der Waals surface area contributed by atoms with Crippen LogP contribution < -0.4 is 11.1 Å². The molecule has 0 radical (unpaired) electrons. The minimum Gasteiger partial charge on any atom is -0.409 e. The highest BCUT2D eigenvalue weighted by atomic mass is 79.9. The van der Waals surface area contributed by atoms with Crippen LogP contribution in [0.4, 0.5) is 5.69 Å². The van der Waals surface area contributed by atoms with E-state index in [9.17, 15) is 4.79 Å². The number of nitrogens with zero attached hydrogens (tertiary/aromatic N) is 2. The van der Waals surface area contributed by atoms with Crippen molar-refractivity contribution in [2.75, 3.05) is 5.32 Å². The molecule has 0 atom stereocenters. The SMILES string of the molecule is Cc1ncc(C(=O)Nc2ccc(/C(N)=N/O)cc2Br)s1. The zero-order valence-electron chi connectivity index (χ0n) is 10.4. The van der Waals surface area contributed by atoms with Gasteiger partial charge in [0.25, 0.3) is 5.91 Å². The Morgan fingerprint density at radius 1 is 1.55 bits per heavy atom. The Bertz CT molecular complexity index is 684. The first-order valence-corrected chi connectivity index (χ1v) is 7.13. The maximum Gasteiger partial charge on any atom is 0.267 e. The molecule has 0 spiro atoms. The van der Waals surface area contributed by atoms with E-state index >= 15 is 0 Å². The maximum absolute atomic E-state index is 12.0. The summed E-state index contributed by atoms with van der Waals surface area (Å²) in [6, 6.07) is 4.97. The molecule has 0 bridgehead atoms. The number of halogens is 1. The second-order valence-corrected chi connectivity index (χ2v) is 5.97. The van der Waals surface area contributed by atoms with E-state index in [4.69, 9.17) is 10.9 Å². The molecule has 1 heterocycles. The van der Waals surface area contributed by atoms with Crippen molar-refractivity contribution in [1.82, 2.24) is 4.98 Å². The molecule has 1 aromatic carbocycles. The Kier molecular flexibility index (Phi) is 4.35. The fourth-order valence-corrected chi connectivity index (χ4v) is 2.63. The van der Waals surface area contributed by atoms with Gasteiger partial charge in [0.2, 0.25) is 0 Å². The Morgan fingerprint density at radius 3 is 2.85 bits per heavy atom. The first-order chi connectivity index (χ1) is 9.51. The van der Waals surface area contributed by atoms with Gasteiger partial charge >= 0.3 is 0 Å². The standard InChI is InChI=1S/C12H11BrN4O2S/c1-6-15-5-10(20-6)12(18)16-9-3-2-7(4-8(9)13)11(14)17-19/h2-5,19H,1H3,(H2,14,17)(H,16,18). The number of hydrogen-bond donors (Lipinski definition) is 3. The molecule has 104 valence electrons. The third-order valence-electron chi connectivity index (χ3n) is 2.47. The van der Waals surface area contributed by atoms with Gasteiger partial charge in [0, 0.05) is 10.0 Å². The molecule has 0 aliphatic carbocycles. The Morgan fingerprint density at radius 2 is 2.30 bits per heavy atom. The highest BCUT2D eigenvalue weighted by molar-refractivity contribution is 9.10. The summed E-state index contributed by atoms with van der Waals surface area (Å²) in [4.78, 5) is 16.6. The van der Waals surface area contributed by atoms with E-state index in [0.717, 1.165) is 5.01 Å². The van der Waals surface area contributed by atoms with Gasteiger partial charge in [-0.3, -0.25) is 4.79 Å².